The molecular weight excluding hydrogens is 202 g/mol. The second-order valence-corrected chi connectivity index (χ2v) is 4.32. The molecule has 0 saturated heterocycles. The molecule has 1 atom stereocenters. The molecule has 0 aliphatic carbocycles. The van der Waals surface area contributed by atoms with Gasteiger partial charge in [0.25, 0.3) is 0 Å². The zero-order valence-corrected chi connectivity index (χ0v) is 9.49. The highest BCUT2D eigenvalue weighted by atomic mass is 16.4. The Morgan fingerprint density at radius 3 is 3.06 bits per heavy atom. The van der Waals surface area contributed by atoms with Gasteiger partial charge < -0.3 is 10.4 Å². The van der Waals surface area contributed by atoms with E-state index in [-0.39, 0.29) is 12.5 Å². The molecule has 0 bridgehead atoms. The van der Waals surface area contributed by atoms with Crippen molar-refractivity contribution in [2.45, 2.75) is 38.6 Å². The van der Waals surface area contributed by atoms with Crippen LogP contribution in [0, 0.1) is 0 Å². The maximum Gasteiger partial charge on any atom is 0.305 e. The number of aryl methyl sites for hydroxylation is 2. The standard InChI is InChI=1S/C13H17NO2/c1-2-9-3-6-12-10(7-9)4-5-11(14-12)8-13(15)16/h3,6-7,11,14H,2,4-5,8H2,1H3,(H,15,16). The lowest BCUT2D eigenvalue weighted by atomic mass is 9.94. The number of benzene rings is 1. The monoisotopic (exact) mass is 219 g/mol. The average molecular weight is 219 g/mol. The first-order valence-corrected chi connectivity index (χ1v) is 5.79. The SMILES string of the molecule is CCc1ccc2c(c1)CCC(CC(=O)O)N2. The van der Waals surface area contributed by atoms with E-state index in [9.17, 15) is 4.79 Å². The molecular formula is C13H17NO2. The van der Waals surface area contributed by atoms with Gasteiger partial charge in [0.2, 0.25) is 0 Å². The van der Waals surface area contributed by atoms with Crippen LogP contribution in [0.5, 0.6) is 0 Å². The van der Waals surface area contributed by atoms with Crippen molar-refractivity contribution in [3.63, 3.8) is 0 Å². The Balaban J connectivity index is 2.12. The van der Waals surface area contributed by atoms with Crippen molar-refractivity contribution in [2.24, 2.45) is 0 Å². The first kappa shape index (κ1) is 11.0. The fourth-order valence-electron chi connectivity index (χ4n) is 2.20. The molecule has 1 aromatic carbocycles. The number of carboxylic acid groups (broad SMARTS) is 1. The molecule has 0 spiro atoms. The maximum atomic E-state index is 10.6. The van der Waals surface area contributed by atoms with Gasteiger partial charge in [-0.05, 0) is 36.5 Å². The smallest absolute Gasteiger partial charge is 0.305 e. The Bertz CT molecular complexity index is 401. The van der Waals surface area contributed by atoms with Gasteiger partial charge in [-0.1, -0.05) is 19.1 Å². The summed E-state index contributed by atoms with van der Waals surface area (Å²) in [6.07, 6.45) is 3.14. The van der Waals surface area contributed by atoms with Crippen LogP contribution in [0.4, 0.5) is 5.69 Å². The van der Waals surface area contributed by atoms with Gasteiger partial charge in [0.1, 0.15) is 0 Å². The molecule has 2 rings (SSSR count). The largest absolute Gasteiger partial charge is 0.481 e. The third-order valence-electron chi connectivity index (χ3n) is 3.12. The van der Waals surface area contributed by atoms with E-state index in [0.29, 0.717) is 0 Å². The van der Waals surface area contributed by atoms with Crippen LogP contribution >= 0.6 is 0 Å². The molecule has 1 heterocycles. The molecule has 0 fully saturated rings. The van der Waals surface area contributed by atoms with Crippen LogP contribution in [0.15, 0.2) is 18.2 Å². The molecule has 86 valence electrons. The van der Waals surface area contributed by atoms with Crippen LogP contribution in [0.2, 0.25) is 0 Å². The average Bonchev–Trinajstić information content (AvgIpc) is 2.27. The number of fused-ring (bicyclic) bond motifs is 1. The van der Waals surface area contributed by atoms with Gasteiger partial charge in [-0.3, -0.25) is 4.79 Å². The molecule has 0 amide bonds. The molecule has 3 heteroatoms. The first-order valence-electron chi connectivity index (χ1n) is 5.79. The van der Waals surface area contributed by atoms with Gasteiger partial charge in [0.15, 0.2) is 0 Å². The Kier molecular flexibility index (Phi) is 3.13. The van der Waals surface area contributed by atoms with Crippen molar-refractivity contribution in [2.75, 3.05) is 5.32 Å². The van der Waals surface area contributed by atoms with E-state index in [4.69, 9.17) is 5.11 Å². The minimum Gasteiger partial charge on any atom is -0.481 e. The number of nitrogens with one attached hydrogen (secondary N) is 1. The van der Waals surface area contributed by atoms with Gasteiger partial charge in [-0.25, -0.2) is 0 Å². The normalized spacial score (nSPS) is 18.7. The highest BCUT2D eigenvalue weighted by Crippen LogP contribution is 2.27. The molecule has 2 N–H and O–H groups in total. The van der Waals surface area contributed by atoms with E-state index in [1.54, 1.807) is 0 Å². The van der Waals surface area contributed by atoms with E-state index < -0.39 is 5.97 Å². The van der Waals surface area contributed by atoms with E-state index in [1.807, 2.05) is 0 Å². The van der Waals surface area contributed by atoms with Crippen LogP contribution in [0.1, 0.15) is 30.9 Å². The predicted molar refractivity (Wildman–Crippen MR) is 63.8 cm³/mol. The fourth-order valence-corrected chi connectivity index (χ4v) is 2.20. The van der Waals surface area contributed by atoms with E-state index in [2.05, 4.69) is 30.4 Å². The Hall–Kier alpha value is -1.51. The third-order valence-corrected chi connectivity index (χ3v) is 3.12. The van der Waals surface area contributed by atoms with Crippen molar-refractivity contribution in [1.29, 1.82) is 0 Å². The number of rotatable bonds is 3. The summed E-state index contributed by atoms with van der Waals surface area (Å²) in [5.41, 5.74) is 3.77. The summed E-state index contributed by atoms with van der Waals surface area (Å²) in [6, 6.07) is 6.48. The van der Waals surface area contributed by atoms with Crippen molar-refractivity contribution in [3.05, 3.63) is 29.3 Å². The third kappa shape index (κ3) is 2.35. The Morgan fingerprint density at radius 2 is 2.38 bits per heavy atom. The number of aliphatic carboxylic acids is 1. The van der Waals surface area contributed by atoms with Gasteiger partial charge >= 0.3 is 5.97 Å². The van der Waals surface area contributed by atoms with Crippen LogP contribution in [-0.4, -0.2) is 17.1 Å². The molecule has 16 heavy (non-hydrogen) atoms. The lowest BCUT2D eigenvalue weighted by Crippen LogP contribution is -2.28. The van der Waals surface area contributed by atoms with Crippen molar-refractivity contribution < 1.29 is 9.90 Å². The van der Waals surface area contributed by atoms with Gasteiger partial charge in [-0.15, -0.1) is 0 Å². The predicted octanol–water partition coefficient (Wildman–Crippen LogP) is 2.45. The number of carbonyl (C=O) groups is 1. The zero-order valence-electron chi connectivity index (χ0n) is 9.49. The topological polar surface area (TPSA) is 49.3 Å². The molecule has 0 aromatic heterocycles. The molecule has 1 aromatic rings. The summed E-state index contributed by atoms with van der Waals surface area (Å²) < 4.78 is 0. The highest BCUT2D eigenvalue weighted by Gasteiger charge is 2.19. The minimum absolute atomic E-state index is 0.0810. The highest BCUT2D eigenvalue weighted by molar-refractivity contribution is 5.69. The number of hydrogen-bond donors (Lipinski definition) is 2. The van der Waals surface area contributed by atoms with Crippen LogP contribution in [0.3, 0.4) is 0 Å². The second kappa shape index (κ2) is 4.56. The van der Waals surface area contributed by atoms with E-state index in [0.717, 1.165) is 24.9 Å². The van der Waals surface area contributed by atoms with E-state index >= 15 is 0 Å². The van der Waals surface area contributed by atoms with Crippen LogP contribution < -0.4 is 5.32 Å². The van der Waals surface area contributed by atoms with E-state index in [1.165, 1.54) is 11.1 Å². The fraction of sp³-hybridized carbons (Fsp3) is 0.462. The summed E-state index contributed by atoms with van der Waals surface area (Å²) in [7, 11) is 0. The number of hydrogen-bond acceptors (Lipinski definition) is 2. The van der Waals surface area contributed by atoms with Crippen molar-refractivity contribution in [1.82, 2.24) is 0 Å². The maximum absolute atomic E-state index is 10.6. The molecule has 3 nitrogen and oxygen atoms in total. The summed E-state index contributed by atoms with van der Waals surface area (Å²) in [5.74, 6) is -0.730. The van der Waals surface area contributed by atoms with Gasteiger partial charge in [-0.2, -0.15) is 0 Å². The number of carboxylic acids is 1. The molecule has 1 aliphatic rings. The molecule has 0 radical (unpaired) electrons. The lowest BCUT2D eigenvalue weighted by Gasteiger charge is -2.26. The number of anilines is 1. The van der Waals surface area contributed by atoms with Crippen LogP contribution in [-0.2, 0) is 17.6 Å². The van der Waals surface area contributed by atoms with Crippen molar-refractivity contribution >= 4 is 11.7 Å². The van der Waals surface area contributed by atoms with Crippen LogP contribution in [0.25, 0.3) is 0 Å². The molecule has 1 aliphatic heterocycles. The summed E-state index contributed by atoms with van der Waals surface area (Å²) in [4.78, 5) is 10.6. The molecule has 0 saturated carbocycles. The quantitative estimate of drug-likeness (QED) is 0.821. The minimum atomic E-state index is -0.730. The Morgan fingerprint density at radius 1 is 1.56 bits per heavy atom. The van der Waals surface area contributed by atoms with Gasteiger partial charge in [0.05, 0.1) is 6.42 Å². The second-order valence-electron chi connectivity index (χ2n) is 4.32. The summed E-state index contributed by atoms with van der Waals surface area (Å²) >= 11 is 0. The Labute approximate surface area is 95.5 Å². The first-order chi connectivity index (χ1) is 7.69. The van der Waals surface area contributed by atoms with Crippen molar-refractivity contribution in [3.8, 4) is 0 Å². The zero-order chi connectivity index (χ0) is 11.5. The summed E-state index contributed by atoms with van der Waals surface area (Å²) in [6.45, 7) is 2.14. The molecule has 1 unspecified atom stereocenters. The van der Waals surface area contributed by atoms with Gasteiger partial charge in [0, 0.05) is 11.7 Å². The summed E-state index contributed by atoms with van der Waals surface area (Å²) in [5, 5.41) is 12.1. The lowest BCUT2D eigenvalue weighted by molar-refractivity contribution is -0.137.